The van der Waals surface area contributed by atoms with Crippen molar-refractivity contribution in [2.24, 2.45) is 23.7 Å². The molecule has 6 aliphatic rings. The first-order valence-corrected chi connectivity index (χ1v) is 16.3. The van der Waals surface area contributed by atoms with E-state index >= 15 is 0 Å². The summed E-state index contributed by atoms with van der Waals surface area (Å²) in [5, 5.41) is 0. The molecule has 11 heteroatoms. The van der Waals surface area contributed by atoms with E-state index in [4.69, 9.17) is 24.0 Å². The first kappa shape index (κ1) is 31.5. The van der Waals surface area contributed by atoms with Crippen LogP contribution in [0.5, 0.6) is 5.75 Å². The summed E-state index contributed by atoms with van der Waals surface area (Å²) in [5.41, 5.74) is 0.0369. The highest BCUT2D eigenvalue weighted by Gasteiger charge is 2.69. The molecular formula is C35H41F3N2O6. The largest absolute Gasteiger partial charge is 0.465 e. The summed E-state index contributed by atoms with van der Waals surface area (Å²) >= 11 is 0. The number of rotatable bonds is 5. The second kappa shape index (κ2) is 11.8. The number of carbonyl (C=O) groups is 1. The van der Waals surface area contributed by atoms with E-state index in [0.29, 0.717) is 43.5 Å². The van der Waals surface area contributed by atoms with E-state index in [2.05, 4.69) is 13.8 Å². The average molecular weight is 643 g/mol. The van der Waals surface area contributed by atoms with Crippen LogP contribution in [0.2, 0.25) is 0 Å². The molecule has 2 bridgehead atoms. The number of piperazine rings is 1. The molecular weight excluding hydrogens is 601 g/mol. The van der Waals surface area contributed by atoms with Crippen LogP contribution in [0, 0.1) is 23.7 Å². The lowest BCUT2D eigenvalue weighted by molar-refractivity contribution is -0.575. The van der Waals surface area contributed by atoms with Crippen LogP contribution >= 0.6 is 0 Å². The first-order valence-electron chi connectivity index (χ1n) is 16.3. The second-order valence-corrected chi connectivity index (χ2v) is 13.7. The summed E-state index contributed by atoms with van der Waals surface area (Å²) in [6, 6.07) is 12.8. The molecule has 2 aromatic rings. The molecule has 0 aromatic heterocycles. The Labute approximate surface area is 267 Å². The lowest BCUT2D eigenvalue weighted by Crippen LogP contribution is -2.70. The van der Waals surface area contributed by atoms with Crippen molar-refractivity contribution in [1.29, 1.82) is 0 Å². The molecule has 0 unspecified atom stereocenters. The molecule has 1 spiro atoms. The third-order valence-corrected chi connectivity index (χ3v) is 10.8. The van der Waals surface area contributed by atoms with E-state index in [1.165, 1.54) is 12.1 Å². The van der Waals surface area contributed by atoms with Crippen LogP contribution in [0.4, 0.5) is 18.9 Å². The van der Waals surface area contributed by atoms with Gasteiger partial charge in [0.1, 0.15) is 5.75 Å². The first-order chi connectivity index (χ1) is 21.9. The number of benzene rings is 2. The smallest absolute Gasteiger partial charge is 0.416 e. The highest BCUT2D eigenvalue weighted by Crippen LogP contribution is 2.60. The van der Waals surface area contributed by atoms with Gasteiger partial charge >= 0.3 is 6.18 Å². The number of amides is 1. The monoisotopic (exact) mass is 642 g/mol. The van der Waals surface area contributed by atoms with Crippen molar-refractivity contribution in [3.05, 3.63) is 65.7 Å². The molecule has 8 nitrogen and oxygen atoms in total. The quantitative estimate of drug-likeness (QED) is 0.267. The molecule has 8 atom stereocenters. The molecule has 1 saturated carbocycles. The predicted octanol–water partition coefficient (Wildman–Crippen LogP) is 6.65. The highest BCUT2D eigenvalue weighted by molar-refractivity contribution is 5.92. The second-order valence-electron chi connectivity index (χ2n) is 13.7. The molecule has 248 valence electrons. The van der Waals surface area contributed by atoms with Crippen LogP contribution in [-0.4, -0.2) is 61.0 Å². The minimum atomic E-state index is -4.39. The molecule has 8 rings (SSSR count). The number of alkyl halides is 3. The number of halogens is 3. The minimum Gasteiger partial charge on any atom is -0.465 e. The Hall–Kier alpha value is -3.12. The Morgan fingerprint density at radius 2 is 1.74 bits per heavy atom. The van der Waals surface area contributed by atoms with Gasteiger partial charge in [0.15, 0.2) is 11.9 Å². The van der Waals surface area contributed by atoms with Crippen molar-refractivity contribution in [2.75, 3.05) is 31.1 Å². The van der Waals surface area contributed by atoms with E-state index in [9.17, 15) is 18.0 Å². The molecule has 5 heterocycles. The molecule has 1 aliphatic carbocycles. The van der Waals surface area contributed by atoms with Crippen LogP contribution in [0.3, 0.4) is 0 Å². The predicted molar refractivity (Wildman–Crippen MR) is 163 cm³/mol. The topological polar surface area (TPSA) is 69.7 Å². The number of fused-ring (bicyclic) bond motifs is 2. The van der Waals surface area contributed by atoms with E-state index < -0.39 is 35.7 Å². The number of anilines is 1. The van der Waals surface area contributed by atoms with Crippen molar-refractivity contribution >= 4 is 17.7 Å². The molecule has 46 heavy (non-hydrogen) atoms. The van der Waals surface area contributed by atoms with Crippen molar-refractivity contribution in [2.45, 2.75) is 76.6 Å². The number of ether oxygens (including phenoxy) is 3. The molecule has 5 aliphatic heterocycles. The summed E-state index contributed by atoms with van der Waals surface area (Å²) < 4.78 is 58.7. The maximum absolute atomic E-state index is 13.1. The molecule has 6 fully saturated rings. The fraction of sp³-hybridized carbons (Fsp3) is 0.571. The van der Waals surface area contributed by atoms with Crippen LogP contribution in [0.1, 0.15) is 57.6 Å². The summed E-state index contributed by atoms with van der Waals surface area (Å²) in [6.07, 6.45) is 1.64. The molecule has 2 aromatic carbocycles. The van der Waals surface area contributed by atoms with E-state index in [-0.39, 0.29) is 23.7 Å². The summed E-state index contributed by atoms with van der Waals surface area (Å²) in [7, 11) is 0. The number of nitrogens with zero attached hydrogens (tertiary/aromatic N) is 2. The normalized spacial score (nSPS) is 36.0. The highest BCUT2D eigenvalue weighted by atomic mass is 19.4. The standard InChI is InChI=1S/C35H41F3N2O6/c1-22-7-13-29-23(2)31(43-32-34(29)28(22)15-16-33(3,44-32)45-46-34)42-27-11-8-24(9-12-27)10-14-30(41)40-19-17-39(18-20-40)26-6-4-5-25(21-26)35(36,37)38/h4-6,8-12,14,21-23,28-29,31-32H,7,13,15-20H2,1-3H3/b14-10+/t22-,23-,28+,29+,31+,32-,33-,34-/m1/s1. The zero-order valence-corrected chi connectivity index (χ0v) is 26.4. The van der Waals surface area contributed by atoms with Gasteiger partial charge in [0.2, 0.25) is 18.0 Å². The molecule has 5 saturated heterocycles. The van der Waals surface area contributed by atoms with Crippen LogP contribution in [0.25, 0.3) is 6.08 Å². The van der Waals surface area contributed by atoms with Gasteiger partial charge < -0.3 is 24.0 Å². The van der Waals surface area contributed by atoms with Gasteiger partial charge in [-0.3, -0.25) is 4.79 Å². The van der Waals surface area contributed by atoms with E-state index in [1.807, 2.05) is 36.1 Å². The average Bonchev–Trinajstić information content (AvgIpc) is 3.28. The number of hydrogen-bond donors (Lipinski definition) is 0. The Morgan fingerprint density at radius 3 is 2.48 bits per heavy atom. The van der Waals surface area contributed by atoms with E-state index in [0.717, 1.165) is 43.4 Å². The zero-order valence-electron chi connectivity index (χ0n) is 26.4. The fourth-order valence-corrected chi connectivity index (χ4v) is 8.14. The summed E-state index contributed by atoms with van der Waals surface area (Å²) in [4.78, 5) is 28.6. The van der Waals surface area contributed by atoms with Crippen molar-refractivity contribution in [3.63, 3.8) is 0 Å². The van der Waals surface area contributed by atoms with Gasteiger partial charge in [-0.05, 0) is 80.0 Å². The SMILES string of the molecule is C[C@H]1[C@@H](Oc2ccc(/C=C/C(=O)N3CCN(c4cccc(C(F)(F)F)c4)CC3)cc2)O[C@@H]2O[C@@]3(C)CC[C@H]4[C@H](C)CC[C@@H]1[C@@]24OO3. The number of carbonyl (C=O) groups excluding carboxylic acids is 1. The summed E-state index contributed by atoms with van der Waals surface area (Å²) in [6.45, 7) is 8.12. The fourth-order valence-electron chi connectivity index (χ4n) is 8.14. The molecule has 0 N–H and O–H groups in total. The van der Waals surface area contributed by atoms with Crippen molar-refractivity contribution < 1.29 is 42.0 Å². The number of hydrogen-bond acceptors (Lipinski definition) is 7. The van der Waals surface area contributed by atoms with Gasteiger partial charge in [-0.25, -0.2) is 9.78 Å². The Balaban J connectivity index is 0.956. The maximum Gasteiger partial charge on any atom is 0.416 e. The van der Waals surface area contributed by atoms with Gasteiger partial charge in [0, 0.05) is 56.2 Å². The lowest BCUT2D eigenvalue weighted by atomic mass is 9.58. The maximum atomic E-state index is 13.1. The van der Waals surface area contributed by atoms with Crippen LogP contribution in [-0.2, 0) is 30.2 Å². The third kappa shape index (κ3) is 5.69. The van der Waals surface area contributed by atoms with Crippen LogP contribution in [0.15, 0.2) is 54.6 Å². The Kier molecular flexibility index (Phi) is 8.10. The van der Waals surface area contributed by atoms with Crippen LogP contribution < -0.4 is 9.64 Å². The van der Waals surface area contributed by atoms with Gasteiger partial charge in [-0.1, -0.05) is 32.0 Å². The van der Waals surface area contributed by atoms with E-state index in [1.54, 1.807) is 17.0 Å². The van der Waals surface area contributed by atoms with Gasteiger partial charge in [-0.2, -0.15) is 13.2 Å². The Bertz CT molecular complexity index is 1460. The zero-order chi connectivity index (χ0) is 32.3. The molecule has 1 amide bonds. The van der Waals surface area contributed by atoms with Crippen molar-refractivity contribution in [1.82, 2.24) is 4.90 Å². The minimum absolute atomic E-state index is 0.0483. The van der Waals surface area contributed by atoms with Gasteiger partial charge in [0.05, 0.1) is 5.56 Å². The Morgan fingerprint density at radius 1 is 0.978 bits per heavy atom. The lowest BCUT2D eigenvalue weighted by Gasteiger charge is -2.60. The molecule has 0 radical (unpaired) electrons. The van der Waals surface area contributed by atoms with Crippen molar-refractivity contribution in [3.8, 4) is 5.75 Å². The van der Waals surface area contributed by atoms with Gasteiger partial charge in [-0.15, -0.1) is 0 Å². The summed E-state index contributed by atoms with van der Waals surface area (Å²) in [5.74, 6) is 0.667. The van der Waals surface area contributed by atoms with Gasteiger partial charge in [0.25, 0.3) is 0 Å². The third-order valence-electron chi connectivity index (χ3n) is 10.8.